The van der Waals surface area contributed by atoms with Crippen LogP contribution in [0.2, 0.25) is 0 Å². The maximum atomic E-state index is 12.3. The summed E-state index contributed by atoms with van der Waals surface area (Å²) < 4.78 is 4.96. The van der Waals surface area contributed by atoms with Gasteiger partial charge in [0.05, 0.1) is 24.4 Å². The van der Waals surface area contributed by atoms with Gasteiger partial charge in [-0.1, -0.05) is 0 Å². The highest BCUT2D eigenvalue weighted by Gasteiger charge is 2.38. The number of hydrogen-bond donors (Lipinski definition) is 3. The summed E-state index contributed by atoms with van der Waals surface area (Å²) in [5, 5.41) is 29.6. The van der Waals surface area contributed by atoms with Crippen molar-refractivity contribution in [3.05, 3.63) is 23.8 Å². The van der Waals surface area contributed by atoms with E-state index < -0.39 is 11.7 Å². The van der Waals surface area contributed by atoms with E-state index in [0.717, 1.165) is 0 Å². The van der Waals surface area contributed by atoms with Gasteiger partial charge in [0.1, 0.15) is 11.5 Å². The van der Waals surface area contributed by atoms with E-state index in [-0.39, 0.29) is 30.2 Å². The molecule has 1 aromatic rings. The van der Waals surface area contributed by atoms with Crippen LogP contribution >= 0.6 is 0 Å². The molecule has 0 aromatic heterocycles. The van der Waals surface area contributed by atoms with E-state index in [9.17, 15) is 20.1 Å². The molecule has 1 fully saturated rings. The number of ether oxygens (including phenoxy) is 1. The smallest absolute Gasteiger partial charge is 0.257 e. The molecule has 1 aliphatic rings. The van der Waals surface area contributed by atoms with Crippen molar-refractivity contribution in [2.45, 2.75) is 25.0 Å². The van der Waals surface area contributed by atoms with Crippen LogP contribution in [-0.2, 0) is 0 Å². The van der Waals surface area contributed by atoms with Gasteiger partial charge >= 0.3 is 0 Å². The number of methoxy groups -OCH3 is 1. The number of aromatic hydroxyl groups is 1. The number of likely N-dealkylation sites (tertiary alicyclic amines) is 1. The molecule has 1 aromatic carbocycles. The Balaban J connectivity index is 2.16. The van der Waals surface area contributed by atoms with Gasteiger partial charge in [-0.3, -0.25) is 4.79 Å². The second-order valence-electron chi connectivity index (χ2n) is 5.26. The monoisotopic (exact) mass is 281 g/mol. The lowest BCUT2D eigenvalue weighted by Crippen LogP contribution is -2.55. The van der Waals surface area contributed by atoms with Crippen molar-refractivity contribution in [2.24, 2.45) is 0 Å². The number of carbonyl (C=O) groups excluding carboxylic acids is 1. The fourth-order valence-corrected chi connectivity index (χ4v) is 2.20. The number of phenolic OH excluding ortho intramolecular Hbond substituents is 1. The Kier molecular flexibility index (Phi) is 3.87. The van der Waals surface area contributed by atoms with Gasteiger partial charge in [0, 0.05) is 19.2 Å². The molecule has 0 aliphatic carbocycles. The third-order valence-electron chi connectivity index (χ3n) is 3.72. The number of aliphatic hydroxyl groups is 2. The Labute approximate surface area is 117 Å². The molecule has 20 heavy (non-hydrogen) atoms. The van der Waals surface area contributed by atoms with Crippen LogP contribution in [0.1, 0.15) is 23.7 Å². The van der Waals surface area contributed by atoms with E-state index in [4.69, 9.17) is 4.74 Å². The zero-order chi connectivity index (χ0) is 14.9. The summed E-state index contributed by atoms with van der Waals surface area (Å²) in [7, 11) is 1.47. The highest BCUT2D eigenvalue weighted by Crippen LogP contribution is 2.27. The number of phenols is 1. The van der Waals surface area contributed by atoms with Crippen molar-refractivity contribution in [2.75, 3.05) is 20.2 Å². The first-order valence-corrected chi connectivity index (χ1v) is 6.42. The van der Waals surface area contributed by atoms with Gasteiger partial charge in [-0.15, -0.1) is 0 Å². The standard InChI is InChI=1S/C14H19NO5/c1-14(19)5-6-15(8-12(14)17)13(18)10-4-3-9(20-2)7-11(10)16/h3-4,7,12,16-17,19H,5-6,8H2,1-2H3/t12-,14+/m1/s1. The van der Waals surface area contributed by atoms with E-state index in [0.29, 0.717) is 12.3 Å². The van der Waals surface area contributed by atoms with Gasteiger partial charge < -0.3 is 25.0 Å². The molecular formula is C14H19NO5. The largest absolute Gasteiger partial charge is 0.507 e. The lowest BCUT2D eigenvalue weighted by Gasteiger charge is -2.39. The van der Waals surface area contributed by atoms with Crippen LogP contribution in [0.5, 0.6) is 11.5 Å². The summed E-state index contributed by atoms with van der Waals surface area (Å²) in [6, 6.07) is 4.43. The Morgan fingerprint density at radius 1 is 1.50 bits per heavy atom. The highest BCUT2D eigenvalue weighted by atomic mass is 16.5. The van der Waals surface area contributed by atoms with E-state index in [1.807, 2.05) is 0 Å². The van der Waals surface area contributed by atoms with Crippen molar-refractivity contribution in [3.8, 4) is 11.5 Å². The van der Waals surface area contributed by atoms with Crippen molar-refractivity contribution in [1.82, 2.24) is 4.90 Å². The van der Waals surface area contributed by atoms with Crippen molar-refractivity contribution in [3.63, 3.8) is 0 Å². The van der Waals surface area contributed by atoms with Crippen LogP contribution in [-0.4, -0.2) is 58.0 Å². The molecule has 6 heteroatoms. The summed E-state index contributed by atoms with van der Waals surface area (Å²) in [5.74, 6) is -0.0819. The Morgan fingerprint density at radius 3 is 2.75 bits per heavy atom. The number of amides is 1. The van der Waals surface area contributed by atoms with E-state index >= 15 is 0 Å². The number of rotatable bonds is 2. The number of carbonyl (C=O) groups is 1. The van der Waals surface area contributed by atoms with E-state index in [1.165, 1.54) is 24.1 Å². The summed E-state index contributed by atoms with van der Waals surface area (Å²) >= 11 is 0. The summed E-state index contributed by atoms with van der Waals surface area (Å²) in [6.45, 7) is 1.91. The molecule has 0 saturated carbocycles. The van der Waals surface area contributed by atoms with Gasteiger partial charge in [0.2, 0.25) is 0 Å². The first-order chi connectivity index (χ1) is 9.35. The van der Waals surface area contributed by atoms with Gasteiger partial charge in [-0.05, 0) is 25.5 Å². The first-order valence-electron chi connectivity index (χ1n) is 6.42. The van der Waals surface area contributed by atoms with Crippen LogP contribution < -0.4 is 4.74 Å². The zero-order valence-electron chi connectivity index (χ0n) is 11.5. The second kappa shape index (κ2) is 5.30. The maximum Gasteiger partial charge on any atom is 0.257 e. The van der Waals surface area contributed by atoms with Crippen LogP contribution in [0, 0.1) is 0 Å². The van der Waals surface area contributed by atoms with Gasteiger partial charge in [0.15, 0.2) is 0 Å². The minimum Gasteiger partial charge on any atom is -0.507 e. The van der Waals surface area contributed by atoms with Crippen molar-refractivity contribution in [1.29, 1.82) is 0 Å². The maximum absolute atomic E-state index is 12.3. The molecule has 0 radical (unpaired) electrons. The summed E-state index contributed by atoms with van der Waals surface area (Å²) in [6.07, 6.45) is -0.711. The van der Waals surface area contributed by atoms with Gasteiger partial charge in [0.25, 0.3) is 5.91 Å². The molecule has 1 heterocycles. The number of β-amino-alcohol motifs (C(OH)–C–C–N with tert-alkyl or cyclic N) is 1. The Hall–Kier alpha value is -1.79. The first kappa shape index (κ1) is 14.6. The second-order valence-corrected chi connectivity index (χ2v) is 5.26. The molecule has 110 valence electrons. The SMILES string of the molecule is COc1ccc(C(=O)N2CC[C@](C)(O)[C@H](O)C2)c(O)c1. The van der Waals surface area contributed by atoms with Gasteiger partial charge in [-0.2, -0.15) is 0 Å². The molecule has 2 rings (SSSR count). The Bertz CT molecular complexity index is 514. The third kappa shape index (κ3) is 2.71. The molecular weight excluding hydrogens is 262 g/mol. The normalized spacial score (nSPS) is 26.4. The average Bonchev–Trinajstić information content (AvgIpc) is 2.41. The van der Waals surface area contributed by atoms with Crippen LogP contribution in [0.3, 0.4) is 0 Å². The number of aliphatic hydroxyl groups excluding tert-OH is 1. The highest BCUT2D eigenvalue weighted by molar-refractivity contribution is 5.97. The Morgan fingerprint density at radius 2 is 2.20 bits per heavy atom. The minimum absolute atomic E-state index is 0.0390. The lowest BCUT2D eigenvalue weighted by atomic mass is 9.90. The van der Waals surface area contributed by atoms with E-state index in [2.05, 4.69) is 0 Å². The molecule has 0 unspecified atom stereocenters. The molecule has 6 nitrogen and oxygen atoms in total. The predicted octanol–water partition coefficient (Wildman–Crippen LogP) is 0.359. The number of benzene rings is 1. The zero-order valence-corrected chi connectivity index (χ0v) is 11.5. The van der Waals surface area contributed by atoms with Crippen molar-refractivity contribution >= 4 is 5.91 Å². The topological polar surface area (TPSA) is 90.2 Å². The quantitative estimate of drug-likeness (QED) is 0.728. The number of nitrogens with zero attached hydrogens (tertiary/aromatic N) is 1. The molecule has 0 bridgehead atoms. The molecule has 2 atom stereocenters. The molecule has 3 N–H and O–H groups in total. The van der Waals surface area contributed by atoms with E-state index in [1.54, 1.807) is 13.0 Å². The fraction of sp³-hybridized carbons (Fsp3) is 0.500. The summed E-state index contributed by atoms with van der Waals surface area (Å²) in [4.78, 5) is 13.7. The third-order valence-corrected chi connectivity index (χ3v) is 3.72. The van der Waals surface area contributed by atoms with Crippen LogP contribution in [0.15, 0.2) is 18.2 Å². The van der Waals surface area contributed by atoms with Crippen molar-refractivity contribution < 1.29 is 24.9 Å². The molecule has 1 aliphatic heterocycles. The summed E-state index contributed by atoms with van der Waals surface area (Å²) in [5.41, 5.74) is -1.03. The lowest BCUT2D eigenvalue weighted by molar-refractivity contribution is -0.0999. The fourth-order valence-electron chi connectivity index (χ4n) is 2.20. The van der Waals surface area contributed by atoms with Crippen LogP contribution in [0.25, 0.3) is 0 Å². The molecule has 1 saturated heterocycles. The molecule has 0 spiro atoms. The minimum atomic E-state index is -1.18. The average molecular weight is 281 g/mol. The predicted molar refractivity (Wildman–Crippen MR) is 71.8 cm³/mol. The van der Waals surface area contributed by atoms with Gasteiger partial charge in [-0.25, -0.2) is 0 Å². The van der Waals surface area contributed by atoms with Crippen LogP contribution in [0.4, 0.5) is 0 Å². The molecule has 1 amide bonds. The number of piperidine rings is 1. The number of hydrogen-bond acceptors (Lipinski definition) is 5.